The van der Waals surface area contributed by atoms with Crippen LogP contribution in [0, 0.1) is 24.5 Å². The van der Waals surface area contributed by atoms with Crippen molar-refractivity contribution in [3.63, 3.8) is 0 Å². The van der Waals surface area contributed by atoms with E-state index in [1.807, 2.05) is 0 Å². The van der Waals surface area contributed by atoms with Crippen molar-refractivity contribution in [3.8, 4) is 0 Å². The van der Waals surface area contributed by atoms with Crippen molar-refractivity contribution in [2.75, 3.05) is 0 Å². The second-order valence-corrected chi connectivity index (χ2v) is 3.59. The predicted octanol–water partition coefficient (Wildman–Crippen LogP) is 2.54. The van der Waals surface area contributed by atoms with Crippen molar-refractivity contribution in [2.24, 2.45) is 5.92 Å². The van der Waals surface area contributed by atoms with Gasteiger partial charge < -0.3 is 5.11 Å². The summed E-state index contributed by atoms with van der Waals surface area (Å²) in [4.78, 5) is 10.6. The van der Waals surface area contributed by atoms with Crippen LogP contribution in [0.4, 0.5) is 8.78 Å². The number of halogens is 2. The van der Waals surface area contributed by atoms with Gasteiger partial charge in [-0.3, -0.25) is 4.79 Å². The van der Waals surface area contributed by atoms with Crippen molar-refractivity contribution in [1.82, 2.24) is 0 Å². The normalized spacial score (nSPS) is 12.5. The summed E-state index contributed by atoms with van der Waals surface area (Å²) in [6, 6.07) is 2.44. The highest BCUT2D eigenvalue weighted by atomic mass is 19.1. The zero-order valence-electron chi connectivity index (χ0n) is 8.55. The van der Waals surface area contributed by atoms with Crippen LogP contribution in [0.5, 0.6) is 0 Å². The Bertz CT molecular complexity index is 388. The monoisotopic (exact) mass is 214 g/mol. The summed E-state index contributed by atoms with van der Waals surface area (Å²) in [7, 11) is 0. The minimum absolute atomic E-state index is 0.0647. The SMILES string of the molecule is Cc1c(F)ccc(CC(C)C(=O)O)c1F. The first kappa shape index (κ1) is 11.6. The molecule has 82 valence electrons. The third-order valence-corrected chi connectivity index (χ3v) is 2.35. The highest BCUT2D eigenvalue weighted by Crippen LogP contribution is 2.18. The summed E-state index contributed by atoms with van der Waals surface area (Å²) in [5.41, 5.74) is 0.175. The Morgan fingerprint density at radius 3 is 2.60 bits per heavy atom. The summed E-state index contributed by atoms with van der Waals surface area (Å²) in [6.45, 7) is 2.82. The molecule has 1 N–H and O–H groups in total. The van der Waals surface area contributed by atoms with E-state index in [1.54, 1.807) is 0 Å². The molecule has 0 fully saturated rings. The average molecular weight is 214 g/mol. The van der Waals surface area contributed by atoms with Gasteiger partial charge in [-0.1, -0.05) is 13.0 Å². The van der Waals surface area contributed by atoms with Gasteiger partial charge in [-0.2, -0.15) is 0 Å². The maximum absolute atomic E-state index is 13.5. The molecule has 0 heterocycles. The molecule has 1 aromatic carbocycles. The fraction of sp³-hybridized carbons (Fsp3) is 0.364. The molecule has 4 heteroatoms. The summed E-state index contributed by atoms with van der Waals surface area (Å²) in [5, 5.41) is 8.66. The molecule has 15 heavy (non-hydrogen) atoms. The minimum Gasteiger partial charge on any atom is -0.481 e. The summed E-state index contributed by atoms with van der Waals surface area (Å²) in [6.07, 6.45) is 0.0717. The highest BCUT2D eigenvalue weighted by Gasteiger charge is 2.16. The van der Waals surface area contributed by atoms with Crippen molar-refractivity contribution in [2.45, 2.75) is 20.3 Å². The molecule has 2 nitrogen and oxygen atoms in total. The molecule has 0 saturated heterocycles. The smallest absolute Gasteiger partial charge is 0.306 e. The molecule has 0 radical (unpaired) electrons. The fourth-order valence-corrected chi connectivity index (χ4v) is 1.29. The van der Waals surface area contributed by atoms with Crippen LogP contribution >= 0.6 is 0 Å². The molecule has 0 amide bonds. The number of rotatable bonds is 3. The number of carbonyl (C=O) groups is 1. The van der Waals surface area contributed by atoms with Gasteiger partial charge in [-0.05, 0) is 25.0 Å². The number of benzene rings is 1. The zero-order chi connectivity index (χ0) is 11.6. The number of hydrogen-bond donors (Lipinski definition) is 1. The number of carboxylic acids is 1. The number of aliphatic carboxylic acids is 1. The van der Waals surface area contributed by atoms with Gasteiger partial charge in [0.05, 0.1) is 5.92 Å². The van der Waals surface area contributed by atoms with Gasteiger partial charge in [0.2, 0.25) is 0 Å². The lowest BCUT2D eigenvalue weighted by Gasteiger charge is -2.09. The first-order chi connectivity index (χ1) is 6.93. The predicted molar refractivity (Wildman–Crippen MR) is 51.6 cm³/mol. The molecule has 0 aliphatic rings. The third kappa shape index (κ3) is 2.52. The van der Waals surface area contributed by atoms with E-state index in [0.29, 0.717) is 0 Å². The van der Waals surface area contributed by atoms with Crippen LogP contribution in [0.15, 0.2) is 12.1 Å². The summed E-state index contributed by atoms with van der Waals surface area (Å²) in [5.74, 6) is -2.93. The second kappa shape index (κ2) is 4.38. The fourth-order valence-electron chi connectivity index (χ4n) is 1.29. The lowest BCUT2D eigenvalue weighted by Crippen LogP contribution is -2.13. The molecule has 1 aromatic rings. The zero-order valence-corrected chi connectivity index (χ0v) is 8.55. The number of carboxylic acid groups (broad SMARTS) is 1. The number of hydrogen-bond acceptors (Lipinski definition) is 1. The highest BCUT2D eigenvalue weighted by molar-refractivity contribution is 5.69. The maximum atomic E-state index is 13.5. The van der Waals surface area contributed by atoms with Gasteiger partial charge in [-0.25, -0.2) is 8.78 Å². The van der Waals surface area contributed by atoms with Crippen LogP contribution in [0.2, 0.25) is 0 Å². The topological polar surface area (TPSA) is 37.3 Å². The molecule has 1 rings (SSSR count). The van der Waals surface area contributed by atoms with Gasteiger partial charge >= 0.3 is 5.97 Å². The van der Waals surface area contributed by atoms with Gasteiger partial charge in [0, 0.05) is 5.56 Å². The van der Waals surface area contributed by atoms with E-state index < -0.39 is 23.5 Å². The first-order valence-electron chi connectivity index (χ1n) is 4.59. The third-order valence-electron chi connectivity index (χ3n) is 2.35. The molecule has 0 aromatic heterocycles. The van der Waals surface area contributed by atoms with Crippen LogP contribution in [0.3, 0.4) is 0 Å². The van der Waals surface area contributed by atoms with Crippen LogP contribution in [0.25, 0.3) is 0 Å². The lowest BCUT2D eigenvalue weighted by molar-refractivity contribution is -0.141. The van der Waals surface area contributed by atoms with Crippen molar-refractivity contribution in [3.05, 3.63) is 34.9 Å². The van der Waals surface area contributed by atoms with Crippen LogP contribution < -0.4 is 0 Å². The first-order valence-corrected chi connectivity index (χ1v) is 4.59. The minimum atomic E-state index is -0.989. The van der Waals surface area contributed by atoms with E-state index in [-0.39, 0.29) is 17.5 Å². The van der Waals surface area contributed by atoms with Crippen LogP contribution in [0.1, 0.15) is 18.1 Å². The van der Waals surface area contributed by atoms with Crippen LogP contribution in [-0.4, -0.2) is 11.1 Å². The Balaban J connectivity index is 2.97. The molecule has 0 saturated carbocycles. The Morgan fingerprint density at radius 2 is 2.07 bits per heavy atom. The Hall–Kier alpha value is -1.45. The van der Waals surface area contributed by atoms with Crippen molar-refractivity contribution < 1.29 is 18.7 Å². The van der Waals surface area contributed by atoms with Crippen molar-refractivity contribution >= 4 is 5.97 Å². The second-order valence-electron chi connectivity index (χ2n) is 3.59. The Morgan fingerprint density at radius 1 is 1.47 bits per heavy atom. The lowest BCUT2D eigenvalue weighted by atomic mass is 9.99. The maximum Gasteiger partial charge on any atom is 0.306 e. The van der Waals surface area contributed by atoms with E-state index in [1.165, 1.54) is 19.9 Å². The van der Waals surface area contributed by atoms with Gasteiger partial charge in [0.1, 0.15) is 11.6 Å². The molecule has 0 aliphatic carbocycles. The summed E-state index contributed by atoms with van der Waals surface area (Å²) >= 11 is 0. The largest absolute Gasteiger partial charge is 0.481 e. The van der Waals surface area contributed by atoms with Crippen LogP contribution in [-0.2, 0) is 11.2 Å². The van der Waals surface area contributed by atoms with E-state index in [2.05, 4.69) is 0 Å². The molecule has 1 atom stereocenters. The quantitative estimate of drug-likeness (QED) is 0.839. The van der Waals surface area contributed by atoms with E-state index >= 15 is 0 Å². The average Bonchev–Trinajstić information content (AvgIpc) is 2.18. The summed E-state index contributed by atoms with van der Waals surface area (Å²) < 4.78 is 26.4. The molecule has 1 unspecified atom stereocenters. The van der Waals surface area contributed by atoms with Gasteiger partial charge in [0.15, 0.2) is 0 Å². The Labute approximate surface area is 86.5 Å². The molecule has 0 spiro atoms. The van der Waals surface area contributed by atoms with E-state index in [4.69, 9.17) is 5.11 Å². The molecule has 0 bridgehead atoms. The molecular formula is C11H12F2O2. The van der Waals surface area contributed by atoms with E-state index in [9.17, 15) is 13.6 Å². The molecule has 0 aliphatic heterocycles. The standard InChI is InChI=1S/C11H12F2O2/c1-6(11(14)15)5-8-3-4-9(12)7(2)10(8)13/h3-4,6H,5H2,1-2H3,(H,14,15). The van der Waals surface area contributed by atoms with Crippen molar-refractivity contribution in [1.29, 1.82) is 0 Å². The van der Waals surface area contributed by atoms with Gasteiger partial charge in [-0.15, -0.1) is 0 Å². The molecular weight excluding hydrogens is 202 g/mol. The Kier molecular flexibility index (Phi) is 3.39. The van der Waals surface area contributed by atoms with Gasteiger partial charge in [0.25, 0.3) is 0 Å². The van der Waals surface area contributed by atoms with E-state index in [0.717, 1.165) is 6.07 Å².